The fraction of sp³-hybridized carbons (Fsp3) is 0.235. The van der Waals surface area contributed by atoms with Gasteiger partial charge in [0.2, 0.25) is 0 Å². The summed E-state index contributed by atoms with van der Waals surface area (Å²) in [5.74, 6) is 1.82. The van der Waals surface area contributed by atoms with Crippen LogP contribution in [0, 0.1) is 0 Å². The van der Waals surface area contributed by atoms with Crippen molar-refractivity contribution >= 4 is 16.7 Å². The smallest absolute Gasteiger partial charge is 0.140 e. The van der Waals surface area contributed by atoms with Crippen LogP contribution in [0.15, 0.2) is 36.4 Å². The number of nitrogens with one attached hydrogen (secondary N) is 1. The second kappa shape index (κ2) is 4.52. The van der Waals surface area contributed by atoms with Crippen LogP contribution >= 0.6 is 0 Å². The molecule has 0 saturated heterocycles. The lowest BCUT2D eigenvalue weighted by atomic mass is 10.1. The molecule has 0 radical (unpaired) electrons. The van der Waals surface area contributed by atoms with E-state index in [1.807, 2.05) is 12.1 Å². The van der Waals surface area contributed by atoms with Crippen molar-refractivity contribution in [3.05, 3.63) is 42.0 Å². The van der Waals surface area contributed by atoms with Gasteiger partial charge in [0.05, 0.1) is 18.1 Å². The summed E-state index contributed by atoms with van der Waals surface area (Å²) in [5, 5.41) is 3.42. The molecule has 1 aromatic heterocycles. The van der Waals surface area contributed by atoms with E-state index in [0.29, 0.717) is 0 Å². The van der Waals surface area contributed by atoms with E-state index in [9.17, 15) is 0 Å². The van der Waals surface area contributed by atoms with Crippen LogP contribution in [-0.2, 0) is 13.5 Å². The van der Waals surface area contributed by atoms with E-state index in [4.69, 9.17) is 9.72 Å². The first-order valence-corrected chi connectivity index (χ1v) is 7.14. The van der Waals surface area contributed by atoms with Gasteiger partial charge in [-0.2, -0.15) is 0 Å². The van der Waals surface area contributed by atoms with Crippen LogP contribution in [0.4, 0.5) is 5.69 Å². The number of methoxy groups -OCH3 is 1. The lowest BCUT2D eigenvalue weighted by molar-refractivity contribution is 0.415. The molecule has 0 bridgehead atoms. The van der Waals surface area contributed by atoms with E-state index < -0.39 is 0 Å². The zero-order valence-corrected chi connectivity index (χ0v) is 12.2. The number of benzene rings is 2. The quantitative estimate of drug-likeness (QED) is 0.783. The van der Waals surface area contributed by atoms with Gasteiger partial charge in [-0.15, -0.1) is 0 Å². The maximum atomic E-state index is 5.28. The van der Waals surface area contributed by atoms with Gasteiger partial charge in [-0.3, -0.25) is 0 Å². The van der Waals surface area contributed by atoms with E-state index in [2.05, 4.69) is 41.2 Å². The third-order valence-corrected chi connectivity index (χ3v) is 4.17. The molecule has 1 aliphatic rings. The molecule has 0 unspecified atom stereocenters. The first-order valence-electron chi connectivity index (χ1n) is 7.14. The Morgan fingerprint density at radius 2 is 2.10 bits per heavy atom. The molecular formula is C17H17N3O. The highest BCUT2D eigenvalue weighted by atomic mass is 16.5. The van der Waals surface area contributed by atoms with Crippen LogP contribution in [0.2, 0.25) is 0 Å². The van der Waals surface area contributed by atoms with Crippen LogP contribution in [0.3, 0.4) is 0 Å². The minimum absolute atomic E-state index is 0.836. The normalized spacial score (nSPS) is 13.2. The molecule has 1 aliphatic heterocycles. The number of ether oxygens (including phenoxy) is 1. The van der Waals surface area contributed by atoms with Crippen LogP contribution in [0.25, 0.3) is 22.4 Å². The number of anilines is 1. The molecule has 0 fully saturated rings. The number of rotatable bonds is 2. The minimum atomic E-state index is 0.836. The molecule has 0 aliphatic carbocycles. The number of aryl methyl sites for hydroxylation is 1. The van der Waals surface area contributed by atoms with Crippen molar-refractivity contribution in [2.75, 3.05) is 19.0 Å². The van der Waals surface area contributed by atoms with E-state index in [1.54, 1.807) is 7.11 Å². The molecule has 0 atom stereocenters. The van der Waals surface area contributed by atoms with Crippen LogP contribution in [-0.4, -0.2) is 23.2 Å². The number of hydrogen-bond acceptors (Lipinski definition) is 3. The maximum Gasteiger partial charge on any atom is 0.140 e. The topological polar surface area (TPSA) is 39.1 Å². The predicted molar refractivity (Wildman–Crippen MR) is 84.9 cm³/mol. The lowest BCUT2D eigenvalue weighted by Gasteiger charge is -2.05. The first kappa shape index (κ1) is 12.3. The van der Waals surface area contributed by atoms with Crippen molar-refractivity contribution in [2.45, 2.75) is 6.42 Å². The third kappa shape index (κ3) is 1.87. The van der Waals surface area contributed by atoms with Gasteiger partial charge in [0.1, 0.15) is 11.6 Å². The molecule has 4 nitrogen and oxygen atoms in total. The fourth-order valence-electron chi connectivity index (χ4n) is 2.99. The van der Waals surface area contributed by atoms with Gasteiger partial charge in [-0.05, 0) is 30.2 Å². The maximum absolute atomic E-state index is 5.28. The average Bonchev–Trinajstić information content (AvgIpc) is 3.10. The number of fused-ring (bicyclic) bond motifs is 2. The zero-order chi connectivity index (χ0) is 14.4. The van der Waals surface area contributed by atoms with Crippen LogP contribution in [0.1, 0.15) is 5.56 Å². The lowest BCUT2D eigenvalue weighted by Crippen LogP contribution is -1.94. The minimum Gasteiger partial charge on any atom is -0.497 e. The Kier molecular flexibility index (Phi) is 2.64. The molecule has 106 valence electrons. The molecule has 0 saturated carbocycles. The highest BCUT2D eigenvalue weighted by Crippen LogP contribution is 2.31. The molecule has 2 aromatic carbocycles. The first-order chi connectivity index (χ1) is 10.3. The molecule has 4 heteroatoms. The molecule has 2 heterocycles. The standard InChI is InChI=1S/C17H17N3O/c1-20-16-6-5-13(21-2)10-15(16)19-17(20)12-4-3-11-7-8-18-14(11)9-12/h3-6,9-10,18H,7-8H2,1-2H3. The summed E-state index contributed by atoms with van der Waals surface area (Å²) >= 11 is 0. The number of hydrogen-bond donors (Lipinski definition) is 1. The van der Waals surface area contributed by atoms with Crippen LogP contribution in [0.5, 0.6) is 5.75 Å². The summed E-state index contributed by atoms with van der Waals surface area (Å²) in [5.41, 5.74) is 5.83. The van der Waals surface area contributed by atoms with Gasteiger partial charge in [0, 0.05) is 30.9 Å². The van der Waals surface area contributed by atoms with Crippen molar-refractivity contribution in [3.63, 3.8) is 0 Å². The average molecular weight is 279 g/mol. The van der Waals surface area contributed by atoms with Gasteiger partial charge in [-0.25, -0.2) is 4.98 Å². The van der Waals surface area contributed by atoms with Gasteiger partial charge in [0.15, 0.2) is 0 Å². The van der Waals surface area contributed by atoms with E-state index in [-0.39, 0.29) is 0 Å². The molecule has 21 heavy (non-hydrogen) atoms. The fourth-order valence-corrected chi connectivity index (χ4v) is 2.99. The number of imidazole rings is 1. The molecule has 1 N–H and O–H groups in total. The summed E-state index contributed by atoms with van der Waals surface area (Å²) in [6.07, 6.45) is 1.11. The Morgan fingerprint density at radius 1 is 1.19 bits per heavy atom. The molecule has 0 amide bonds. The summed E-state index contributed by atoms with van der Waals surface area (Å²) in [7, 11) is 3.73. The summed E-state index contributed by atoms with van der Waals surface area (Å²) in [6, 6.07) is 12.6. The monoisotopic (exact) mass is 279 g/mol. The Morgan fingerprint density at radius 3 is 2.95 bits per heavy atom. The Hall–Kier alpha value is -2.49. The molecule has 3 aromatic rings. The summed E-state index contributed by atoms with van der Waals surface area (Å²) < 4.78 is 7.41. The van der Waals surface area contributed by atoms with Gasteiger partial charge in [0.25, 0.3) is 0 Å². The van der Waals surface area contributed by atoms with Crippen molar-refractivity contribution in [1.82, 2.24) is 9.55 Å². The SMILES string of the molecule is COc1ccc2c(c1)nc(-c1ccc3c(c1)NCC3)n2C. The second-order valence-electron chi connectivity index (χ2n) is 5.40. The van der Waals surface area contributed by atoms with E-state index in [0.717, 1.165) is 41.1 Å². The van der Waals surface area contributed by atoms with Crippen molar-refractivity contribution in [1.29, 1.82) is 0 Å². The zero-order valence-electron chi connectivity index (χ0n) is 12.2. The van der Waals surface area contributed by atoms with Crippen LogP contribution < -0.4 is 10.1 Å². The third-order valence-electron chi connectivity index (χ3n) is 4.17. The Balaban J connectivity index is 1.88. The largest absolute Gasteiger partial charge is 0.497 e. The van der Waals surface area contributed by atoms with Crippen molar-refractivity contribution in [2.24, 2.45) is 7.05 Å². The highest BCUT2D eigenvalue weighted by molar-refractivity contribution is 5.82. The van der Waals surface area contributed by atoms with E-state index >= 15 is 0 Å². The van der Waals surface area contributed by atoms with Crippen molar-refractivity contribution < 1.29 is 4.74 Å². The number of aromatic nitrogens is 2. The summed E-state index contributed by atoms with van der Waals surface area (Å²) in [6.45, 7) is 1.03. The van der Waals surface area contributed by atoms with Crippen molar-refractivity contribution in [3.8, 4) is 17.1 Å². The van der Waals surface area contributed by atoms with Gasteiger partial charge < -0.3 is 14.6 Å². The van der Waals surface area contributed by atoms with E-state index in [1.165, 1.54) is 11.3 Å². The van der Waals surface area contributed by atoms with Gasteiger partial charge in [-0.1, -0.05) is 12.1 Å². The highest BCUT2D eigenvalue weighted by Gasteiger charge is 2.14. The Bertz CT molecular complexity index is 835. The molecule has 4 rings (SSSR count). The second-order valence-corrected chi connectivity index (χ2v) is 5.40. The summed E-state index contributed by atoms with van der Waals surface area (Å²) in [4.78, 5) is 4.77. The number of nitrogens with zero attached hydrogens (tertiary/aromatic N) is 2. The molecule has 0 spiro atoms. The molecular weight excluding hydrogens is 262 g/mol. The predicted octanol–water partition coefficient (Wildman–Crippen LogP) is 3.22. The Labute approximate surface area is 123 Å². The van der Waals surface area contributed by atoms with Gasteiger partial charge >= 0.3 is 0 Å².